The fourth-order valence-electron chi connectivity index (χ4n) is 4.54. The van der Waals surface area contributed by atoms with Crippen LogP contribution in [-0.2, 0) is 4.79 Å². The number of aromatic nitrogens is 3. The van der Waals surface area contributed by atoms with Crippen LogP contribution in [-0.4, -0.2) is 27.7 Å². The number of halogens is 1. The number of ether oxygens (including phenoxy) is 1. The third kappa shape index (κ3) is 3.41. The summed E-state index contributed by atoms with van der Waals surface area (Å²) in [6.07, 6.45) is 1.25. The molecule has 2 heterocycles. The first-order chi connectivity index (χ1) is 14.9. The van der Waals surface area contributed by atoms with Crippen molar-refractivity contribution >= 4 is 23.3 Å². The van der Waals surface area contributed by atoms with Gasteiger partial charge in [-0.2, -0.15) is 4.98 Å². The average molecular weight is 435 g/mol. The van der Waals surface area contributed by atoms with Crippen molar-refractivity contribution in [3.63, 3.8) is 0 Å². The summed E-state index contributed by atoms with van der Waals surface area (Å²) in [6, 6.07) is 14.8. The van der Waals surface area contributed by atoms with Gasteiger partial charge in [0.05, 0.1) is 7.11 Å². The van der Waals surface area contributed by atoms with Crippen LogP contribution in [0.2, 0.25) is 5.02 Å². The number of nitrogens with one attached hydrogen (secondary N) is 1. The van der Waals surface area contributed by atoms with Gasteiger partial charge in [-0.25, -0.2) is 4.68 Å². The van der Waals surface area contributed by atoms with Crippen molar-refractivity contribution in [1.29, 1.82) is 0 Å². The van der Waals surface area contributed by atoms with Crippen LogP contribution in [0.5, 0.6) is 5.75 Å². The van der Waals surface area contributed by atoms with Crippen LogP contribution in [0.25, 0.3) is 11.4 Å². The van der Waals surface area contributed by atoms with E-state index in [4.69, 9.17) is 26.4 Å². The summed E-state index contributed by atoms with van der Waals surface area (Å²) in [7, 11) is 1.64. The van der Waals surface area contributed by atoms with E-state index in [0.29, 0.717) is 29.0 Å². The van der Waals surface area contributed by atoms with E-state index in [1.165, 1.54) is 0 Å². The highest BCUT2D eigenvalue weighted by atomic mass is 35.5. The minimum Gasteiger partial charge on any atom is -0.496 e. The zero-order valence-electron chi connectivity index (χ0n) is 17.6. The van der Waals surface area contributed by atoms with Gasteiger partial charge in [-0.3, -0.25) is 4.79 Å². The summed E-state index contributed by atoms with van der Waals surface area (Å²) < 4.78 is 7.44. The number of nitrogens with zero attached hydrogens (tertiary/aromatic N) is 3. The van der Waals surface area contributed by atoms with Crippen LogP contribution < -0.4 is 10.1 Å². The number of benzene rings is 2. The van der Waals surface area contributed by atoms with Gasteiger partial charge in [0.2, 0.25) is 5.95 Å². The summed E-state index contributed by atoms with van der Waals surface area (Å²) in [6.45, 7) is 4.23. The summed E-state index contributed by atoms with van der Waals surface area (Å²) in [5, 5.41) is 8.82. The topological polar surface area (TPSA) is 69.0 Å². The van der Waals surface area contributed by atoms with Crippen LogP contribution in [0.15, 0.2) is 59.8 Å². The van der Waals surface area contributed by atoms with Gasteiger partial charge in [-0.15, -0.1) is 5.10 Å². The number of allylic oxidation sites excluding steroid dienone is 2. The van der Waals surface area contributed by atoms with Gasteiger partial charge in [0.1, 0.15) is 11.8 Å². The maximum Gasteiger partial charge on any atom is 0.226 e. The summed E-state index contributed by atoms with van der Waals surface area (Å²) in [5.41, 5.74) is 3.23. The summed E-state index contributed by atoms with van der Waals surface area (Å²) in [5.74, 6) is 2.00. The lowest BCUT2D eigenvalue weighted by Crippen LogP contribution is -2.36. The molecule has 3 aromatic rings. The lowest BCUT2D eigenvalue weighted by Gasteiger charge is -2.38. The van der Waals surface area contributed by atoms with Crippen molar-refractivity contribution in [2.45, 2.75) is 32.7 Å². The van der Waals surface area contributed by atoms with Crippen molar-refractivity contribution in [3.05, 3.63) is 70.4 Å². The molecule has 0 amide bonds. The highest BCUT2D eigenvalue weighted by molar-refractivity contribution is 6.30. The standard InChI is InChI=1S/C24H23ClN4O2/c1-24(2)12-17-20(18(30)13-24)21(16-9-4-5-10-19(16)31-3)29-23(26-17)27-22(28-29)14-7-6-8-15(25)11-14/h4-11,21H,12-13H2,1-3H3,(H,26,27,28). The molecule has 0 spiro atoms. The minimum absolute atomic E-state index is 0.119. The molecule has 6 nitrogen and oxygen atoms in total. The van der Waals surface area contributed by atoms with Crippen LogP contribution in [0.3, 0.4) is 0 Å². The molecule has 0 bridgehead atoms. The minimum atomic E-state index is -0.411. The quantitative estimate of drug-likeness (QED) is 0.608. The van der Waals surface area contributed by atoms with E-state index in [9.17, 15) is 4.79 Å². The maximum absolute atomic E-state index is 13.3. The van der Waals surface area contributed by atoms with Crippen LogP contribution in [0.4, 0.5) is 5.95 Å². The number of anilines is 1. The Morgan fingerprint density at radius 2 is 1.97 bits per heavy atom. The van der Waals surface area contributed by atoms with E-state index in [1.54, 1.807) is 11.8 Å². The van der Waals surface area contributed by atoms with E-state index in [-0.39, 0.29) is 11.2 Å². The molecule has 1 N–H and O–H groups in total. The van der Waals surface area contributed by atoms with E-state index in [0.717, 1.165) is 28.8 Å². The van der Waals surface area contributed by atoms with E-state index >= 15 is 0 Å². The van der Waals surface area contributed by atoms with E-state index in [1.807, 2.05) is 48.5 Å². The molecule has 2 aliphatic rings. The molecule has 1 atom stereocenters. The van der Waals surface area contributed by atoms with Gasteiger partial charge < -0.3 is 10.1 Å². The Labute approximate surface area is 185 Å². The highest BCUT2D eigenvalue weighted by Gasteiger charge is 2.42. The second-order valence-corrected chi connectivity index (χ2v) is 9.25. The molecule has 0 saturated heterocycles. The maximum atomic E-state index is 13.3. The second-order valence-electron chi connectivity index (χ2n) is 8.82. The van der Waals surface area contributed by atoms with Crippen LogP contribution in [0.1, 0.15) is 38.3 Å². The molecule has 0 fully saturated rings. The number of methoxy groups -OCH3 is 1. The molecule has 1 aromatic heterocycles. The molecule has 1 unspecified atom stereocenters. The van der Waals surface area contributed by atoms with E-state index in [2.05, 4.69) is 19.2 Å². The SMILES string of the molecule is COc1ccccc1C1C2=C(CC(C)(C)CC2=O)Nc2nc(-c3cccc(Cl)c3)nn21. The molecule has 1 aliphatic heterocycles. The number of carbonyl (C=O) groups excluding carboxylic acids is 1. The predicted octanol–water partition coefficient (Wildman–Crippen LogP) is 5.27. The molecule has 158 valence electrons. The predicted molar refractivity (Wildman–Crippen MR) is 120 cm³/mol. The fourth-order valence-corrected chi connectivity index (χ4v) is 4.73. The molecule has 2 aromatic carbocycles. The summed E-state index contributed by atoms with van der Waals surface area (Å²) >= 11 is 6.19. The monoisotopic (exact) mass is 434 g/mol. The van der Waals surface area contributed by atoms with Crippen LogP contribution >= 0.6 is 11.6 Å². The number of hydrogen-bond donors (Lipinski definition) is 1. The molecule has 0 saturated carbocycles. The lowest BCUT2D eigenvalue weighted by atomic mass is 9.73. The van der Waals surface area contributed by atoms with Crippen molar-refractivity contribution in [2.24, 2.45) is 5.41 Å². The normalized spacial score (nSPS) is 19.5. The first kappa shape index (κ1) is 19.8. The molecule has 31 heavy (non-hydrogen) atoms. The molecular weight excluding hydrogens is 412 g/mol. The van der Waals surface area contributed by atoms with E-state index < -0.39 is 6.04 Å². The number of para-hydroxylation sites is 1. The fraction of sp³-hybridized carbons (Fsp3) is 0.292. The lowest BCUT2D eigenvalue weighted by molar-refractivity contribution is -0.118. The Morgan fingerprint density at radius 1 is 1.16 bits per heavy atom. The Balaban J connectivity index is 1.72. The summed E-state index contributed by atoms with van der Waals surface area (Å²) in [4.78, 5) is 18.1. The number of rotatable bonds is 3. The number of fused-ring (bicyclic) bond motifs is 1. The first-order valence-corrected chi connectivity index (χ1v) is 10.6. The molecular formula is C24H23ClN4O2. The zero-order valence-corrected chi connectivity index (χ0v) is 18.4. The average Bonchev–Trinajstić information content (AvgIpc) is 3.15. The van der Waals surface area contributed by atoms with Gasteiger partial charge >= 0.3 is 0 Å². The van der Waals surface area contributed by atoms with Gasteiger partial charge in [0.15, 0.2) is 11.6 Å². The first-order valence-electron chi connectivity index (χ1n) is 10.2. The zero-order chi connectivity index (χ0) is 21.8. The molecule has 5 rings (SSSR count). The van der Waals surface area contributed by atoms with Crippen molar-refractivity contribution in [3.8, 4) is 17.1 Å². The highest BCUT2D eigenvalue weighted by Crippen LogP contribution is 2.47. The molecule has 7 heteroatoms. The van der Waals surface area contributed by atoms with Gasteiger partial charge in [-0.1, -0.05) is 55.8 Å². The molecule has 1 aliphatic carbocycles. The Bertz CT molecular complexity index is 1230. The second kappa shape index (κ2) is 7.24. The number of ketones is 1. The number of hydrogen-bond acceptors (Lipinski definition) is 5. The Kier molecular flexibility index (Phi) is 4.63. The van der Waals surface area contributed by atoms with Crippen LogP contribution in [0, 0.1) is 5.41 Å². The number of carbonyl (C=O) groups is 1. The van der Waals surface area contributed by atoms with Crippen molar-refractivity contribution < 1.29 is 9.53 Å². The van der Waals surface area contributed by atoms with Crippen molar-refractivity contribution in [2.75, 3.05) is 12.4 Å². The third-order valence-corrected chi connectivity index (χ3v) is 6.08. The van der Waals surface area contributed by atoms with Gasteiger partial charge in [0.25, 0.3) is 0 Å². The largest absolute Gasteiger partial charge is 0.496 e. The van der Waals surface area contributed by atoms with Gasteiger partial charge in [0, 0.05) is 33.8 Å². The molecule has 0 radical (unpaired) electrons. The Hall–Kier alpha value is -3.12. The number of Topliss-reactive ketones (excluding diaryl/α,β-unsaturated/α-hetero) is 1. The van der Waals surface area contributed by atoms with Crippen molar-refractivity contribution in [1.82, 2.24) is 14.8 Å². The Morgan fingerprint density at radius 3 is 2.74 bits per heavy atom. The third-order valence-electron chi connectivity index (χ3n) is 5.85. The van der Waals surface area contributed by atoms with Gasteiger partial charge in [-0.05, 0) is 30.0 Å². The smallest absolute Gasteiger partial charge is 0.226 e.